The molecule has 3 saturated carbocycles. The standard InChI is InChI=1S/C27H46O/c1-19(2)9-8-10-20(3)22-11-12-23-21-13-18-27(28)16-7-6-15-26(27,5)24(21)14-17-25(22,23)4/h6-7,19-24,28H,8-18H2,1-5H3/t20-,21+,22-,23+,24+,25-,26-,27+/m1/s1. The van der Waals surface area contributed by atoms with Gasteiger partial charge in [-0.05, 0) is 92.3 Å². The highest BCUT2D eigenvalue weighted by molar-refractivity contribution is 5.17. The zero-order chi connectivity index (χ0) is 20.2. The van der Waals surface area contributed by atoms with E-state index in [0.717, 1.165) is 54.8 Å². The molecule has 8 atom stereocenters. The van der Waals surface area contributed by atoms with Crippen molar-refractivity contribution in [1.29, 1.82) is 0 Å². The van der Waals surface area contributed by atoms with Crippen molar-refractivity contribution in [1.82, 2.24) is 0 Å². The zero-order valence-corrected chi connectivity index (χ0v) is 19.3. The van der Waals surface area contributed by atoms with Crippen LogP contribution in [0.15, 0.2) is 12.2 Å². The second kappa shape index (κ2) is 7.44. The molecule has 160 valence electrons. The van der Waals surface area contributed by atoms with Crippen LogP contribution >= 0.6 is 0 Å². The van der Waals surface area contributed by atoms with Crippen LogP contribution in [-0.2, 0) is 0 Å². The van der Waals surface area contributed by atoms with Gasteiger partial charge in [-0.2, -0.15) is 0 Å². The number of allylic oxidation sites excluding steroid dienone is 1. The molecule has 0 saturated heterocycles. The molecule has 4 rings (SSSR count). The van der Waals surface area contributed by atoms with Gasteiger partial charge in [0.25, 0.3) is 0 Å². The van der Waals surface area contributed by atoms with Crippen LogP contribution in [0.25, 0.3) is 0 Å². The lowest BCUT2D eigenvalue weighted by Crippen LogP contribution is -2.60. The normalized spacial score (nSPS) is 48.8. The number of fused-ring (bicyclic) bond motifs is 5. The Morgan fingerprint density at radius 2 is 1.64 bits per heavy atom. The minimum atomic E-state index is -0.432. The first-order valence-electron chi connectivity index (χ1n) is 12.6. The van der Waals surface area contributed by atoms with E-state index in [1.54, 1.807) is 0 Å². The molecule has 1 N–H and O–H groups in total. The lowest BCUT2D eigenvalue weighted by molar-refractivity contribution is -0.188. The van der Waals surface area contributed by atoms with E-state index in [1.165, 1.54) is 51.4 Å². The molecule has 0 bridgehead atoms. The maximum Gasteiger partial charge on any atom is 0.0741 e. The van der Waals surface area contributed by atoms with Crippen LogP contribution in [0.2, 0.25) is 0 Å². The predicted molar refractivity (Wildman–Crippen MR) is 119 cm³/mol. The minimum Gasteiger partial charge on any atom is -0.389 e. The van der Waals surface area contributed by atoms with Gasteiger partial charge in [0, 0.05) is 5.41 Å². The summed E-state index contributed by atoms with van der Waals surface area (Å²) in [6, 6.07) is 0. The summed E-state index contributed by atoms with van der Waals surface area (Å²) in [6.07, 6.45) is 18.9. The number of aliphatic hydroxyl groups is 1. The lowest BCUT2D eigenvalue weighted by Gasteiger charge is -2.63. The van der Waals surface area contributed by atoms with Crippen molar-refractivity contribution < 1.29 is 5.11 Å². The summed E-state index contributed by atoms with van der Waals surface area (Å²) in [5, 5.41) is 11.5. The summed E-state index contributed by atoms with van der Waals surface area (Å²) in [5.74, 6) is 5.19. The van der Waals surface area contributed by atoms with Gasteiger partial charge in [0.15, 0.2) is 0 Å². The average Bonchev–Trinajstić information content (AvgIpc) is 2.99. The highest BCUT2D eigenvalue weighted by atomic mass is 16.3. The fraction of sp³-hybridized carbons (Fsp3) is 0.926. The third kappa shape index (κ3) is 3.14. The van der Waals surface area contributed by atoms with Gasteiger partial charge < -0.3 is 5.11 Å². The quantitative estimate of drug-likeness (QED) is 0.488. The molecule has 0 heterocycles. The van der Waals surface area contributed by atoms with Crippen LogP contribution < -0.4 is 0 Å². The highest BCUT2D eigenvalue weighted by Crippen LogP contribution is 2.68. The fourth-order valence-corrected chi connectivity index (χ4v) is 8.82. The molecule has 0 spiro atoms. The molecule has 1 nitrogen and oxygen atoms in total. The smallest absolute Gasteiger partial charge is 0.0741 e. The van der Waals surface area contributed by atoms with Crippen molar-refractivity contribution in [2.24, 2.45) is 46.3 Å². The van der Waals surface area contributed by atoms with Crippen LogP contribution in [0, 0.1) is 46.3 Å². The van der Waals surface area contributed by atoms with Gasteiger partial charge in [0.05, 0.1) is 5.60 Å². The summed E-state index contributed by atoms with van der Waals surface area (Å²) in [4.78, 5) is 0. The topological polar surface area (TPSA) is 20.2 Å². The molecule has 4 aliphatic carbocycles. The van der Waals surface area contributed by atoms with Crippen molar-refractivity contribution in [2.75, 3.05) is 0 Å². The molecule has 1 heteroatoms. The van der Waals surface area contributed by atoms with Crippen molar-refractivity contribution in [3.05, 3.63) is 12.2 Å². The van der Waals surface area contributed by atoms with E-state index < -0.39 is 5.60 Å². The SMILES string of the molecule is CC(C)CCC[C@@H](C)[C@H]1CC[C@H]2[C@@H]3CC[C@@]4(O)CC=CC[C@]4(C)[C@H]3CC[C@]12C. The molecule has 0 unspecified atom stereocenters. The van der Waals surface area contributed by atoms with Gasteiger partial charge in [-0.3, -0.25) is 0 Å². The Hall–Kier alpha value is -0.300. The van der Waals surface area contributed by atoms with Crippen molar-refractivity contribution in [3.63, 3.8) is 0 Å². The maximum absolute atomic E-state index is 11.5. The van der Waals surface area contributed by atoms with E-state index in [0.29, 0.717) is 5.41 Å². The van der Waals surface area contributed by atoms with Crippen LogP contribution in [0.1, 0.15) is 105 Å². The summed E-state index contributed by atoms with van der Waals surface area (Å²) in [5.41, 5.74) is 0.250. The van der Waals surface area contributed by atoms with Crippen LogP contribution in [0.5, 0.6) is 0 Å². The monoisotopic (exact) mass is 386 g/mol. The molecule has 0 amide bonds. The molecule has 0 aromatic carbocycles. The molecule has 3 fully saturated rings. The molecular formula is C27H46O. The van der Waals surface area contributed by atoms with Gasteiger partial charge in [-0.1, -0.05) is 66.0 Å². The van der Waals surface area contributed by atoms with Crippen molar-refractivity contribution >= 4 is 0 Å². The van der Waals surface area contributed by atoms with E-state index in [9.17, 15) is 5.11 Å². The Balaban J connectivity index is 1.50. The second-order valence-corrected chi connectivity index (χ2v) is 12.3. The van der Waals surface area contributed by atoms with Crippen LogP contribution in [0.4, 0.5) is 0 Å². The lowest BCUT2D eigenvalue weighted by atomic mass is 9.44. The second-order valence-electron chi connectivity index (χ2n) is 12.3. The van der Waals surface area contributed by atoms with E-state index in [4.69, 9.17) is 0 Å². The minimum absolute atomic E-state index is 0.118. The zero-order valence-electron chi connectivity index (χ0n) is 19.3. The van der Waals surface area contributed by atoms with Crippen LogP contribution in [0.3, 0.4) is 0 Å². The van der Waals surface area contributed by atoms with Gasteiger partial charge in [-0.15, -0.1) is 0 Å². The van der Waals surface area contributed by atoms with E-state index in [-0.39, 0.29) is 5.41 Å². The van der Waals surface area contributed by atoms with Crippen LogP contribution in [-0.4, -0.2) is 10.7 Å². The van der Waals surface area contributed by atoms with Gasteiger partial charge in [0.1, 0.15) is 0 Å². The molecule has 4 aliphatic rings. The Bertz CT molecular complexity index is 593. The summed E-state index contributed by atoms with van der Waals surface area (Å²) in [7, 11) is 0. The molecular weight excluding hydrogens is 340 g/mol. The average molecular weight is 387 g/mol. The first-order valence-corrected chi connectivity index (χ1v) is 12.6. The third-order valence-electron chi connectivity index (χ3n) is 10.6. The molecule has 0 radical (unpaired) electrons. The molecule has 28 heavy (non-hydrogen) atoms. The largest absolute Gasteiger partial charge is 0.389 e. The molecule has 0 aromatic heterocycles. The number of hydrogen-bond donors (Lipinski definition) is 1. The number of hydrogen-bond acceptors (Lipinski definition) is 1. The van der Waals surface area contributed by atoms with Crippen molar-refractivity contribution in [2.45, 2.75) is 111 Å². The van der Waals surface area contributed by atoms with E-state index in [2.05, 4.69) is 46.8 Å². The first-order chi connectivity index (χ1) is 13.2. The Kier molecular flexibility index (Phi) is 5.56. The van der Waals surface area contributed by atoms with E-state index in [1.807, 2.05) is 0 Å². The summed E-state index contributed by atoms with van der Waals surface area (Å²) >= 11 is 0. The first kappa shape index (κ1) is 21.0. The maximum atomic E-state index is 11.5. The highest BCUT2D eigenvalue weighted by Gasteiger charge is 2.63. The Morgan fingerprint density at radius 3 is 2.39 bits per heavy atom. The van der Waals surface area contributed by atoms with Gasteiger partial charge in [0.2, 0.25) is 0 Å². The molecule has 0 aromatic rings. The van der Waals surface area contributed by atoms with Gasteiger partial charge in [-0.25, -0.2) is 0 Å². The fourth-order valence-electron chi connectivity index (χ4n) is 8.82. The van der Waals surface area contributed by atoms with Crippen molar-refractivity contribution in [3.8, 4) is 0 Å². The number of rotatable bonds is 5. The Labute approximate surface area is 174 Å². The molecule has 0 aliphatic heterocycles. The summed E-state index contributed by atoms with van der Waals surface area (Å²) in [6.45, 7) is 12.4. The predicted octanol–water partition coefficient (Wildman–Crippen LogP) is 7.39. The summed E-state index contributed by atoms with van der Waals surface area (Å²) < 4.78 is 0. The third-order valence-corrected chi connectivity index (χ3v) is 10.6. The Morgan fingerprint density at radius 1 is 0.893 bits per heavy atom. The van der Waals surface area contributed by atoms with Gasteiger partial charge >= 0.3 is 0 Å². The van der Waals surface area contributed by atoms with E-state index >= 15 is 0 Å².